The fraction of sp³-hybridized carbons (Fsp3) is 0.292. The van der Waals surface area contributed by atoms with Crippen molar-refractivity contribution in [2.75, 3.05) is 12.0 Å². The fourth-order valence-corrected chi connectivity index (χ4v) is 3.01. The van der Waals surface area contributed by atoms with Crippen LogP contribution in [0.3, 0.4) is 0 Å². The highest BCUT2D eigenvalue weighted by atomic mass is 19.4. The number of ether oxygens (including phenoxy) is 1. The summed E-state index contributed by atoms with van der Waals surface area (Å²) in [5.41, 5.74) is 3.67. The van der Waals surface area contributed by atoms with Gasteiger partial charge in [-0.05, 0) is 55.5 Å². The summed E-state index contributed by atoms with van der Waals surface area (Å²) in [6, 6.07) is 11.5. The largest absolute Gasteiger partial charge is 0.493 e. The van der Waals surface area contributed by atoms with Gasteiger partial charge in [0.1, 0.15) is 12.3 Å². The number of aliphatic carboxylic acids is 1. The Labute approximate surface area is 195 Å². The van der Waals surface area contributed by atoms with Crippen LogP contribution in [0.1, 0.15) is 32.8 Å². The van der Waals surface area contributed by atoms with Gasteiger partial charge in [-0.1, -0.05) is 13.8 Å². The molecule has 0 saturated heterocycles. The third-order valence-electron chi connectivity index (χ3n) is 4.62. The first kappa shape index (κ1) is 26.4. The zero-order valence-electron chi connectivity index (χ0n) is 19.1. The Morgan fingerprint density at radius 2 is 1.82 bits per heavy atom. The predicted molar refractivity (Wildman–Crippen MR) is 127 cm³/mol. The first-order valence-corrected chi connectivity index (χ1v) is 10.6. The Balaban J connectivity index is 0.00000199. The normalized spacial score (nSPS) is 11.5. The molecule has 0 bridgehead atoms. The molecule has 0 aliphatic carbocycles. The van der Waals surface area contributed by atoms with Crippen LogP contribution in [0, 0.1) is 5.41 Å². The maximum atomic E-state index is 12.6. The smallest absolute Gasteiger partial charge is 0.416 e. The van der Waals surface area contributed by atoms with E-state index in [4.69, 9.17) is 15.3 Å². The summed E-state index contributed by atoms with van der Waals surface area (Å²) in [6.07, 6.45) is -2.41. The predicted octanol–water partition coefficient (Wildman–Crippen LogP) is 6.05. The quantitative estimate of drug-likeness (QED) is 0.259. The number of aromatic nitrogens is 1. The second-order valence-corrected chi connectivity index (χ2v) is 7.03. The van der Waals surface area contributed by atoms with Crippen molar-refractivity contribution < 1.29 is 27.8 Å². The maximum absolute atomic E-state index is 12.6. The van der Waals surface area contributed by atoms with E-state index < -0.39 is 17.7 Å². The van der Waals surface area contributed by atoms with Crippen LogP contribution >= 0.6 is 0 Å². The number of hydrogen-bond acceptors (Lipinski definition) is 5. The Hall–Kier alpha value is -3.82. The van der Waals surface area contributed by atoms with Gasteiger partial charge in [-0.15, -0.1) is 0 Å². The molecule has 34 heavy (non-hydrogen) atoms. The van der Waals surface area contributed by atoms with Gasteiger partial charge < -0.3 is 19.8 Å². The van der Waals surface area contributed by atoms with Gasteiger partial charge in [0, 0.05) is 23.5 Å². The second kappa shape index (κ2) is 11.9. The van der Waals surface area contributed by atoms with Crippen LogP contribution in [-0.2, 0) is 17.5 Å². The summed E-state index contributed by atoms with van der Waals surface area (Å²) in [4.78, 5) is 10.9. The highest BCUT2D eigenvalue weighted by molar-refractivity contribution is 6.40. The Morgan fingerprint density at radius 3 is 2.41 bits per heavy atom. The lowest BCUT2D eigenvalue weighted by molar-refractivity contribution is -0.138. The minimum absolute atomic E-state index is 0.131. The maximum Gasteiger partial charge on any atom is 0.416 e. The molecule has 3 rings (SSSR count). The van der Waals surface area contributed by atoms with Gasteiger partial charge in [0.15, 0.2) is 0 Å². The summed E-state index contributed by atoms with van der Waals surface area (Å²) >= 11 is 0. The minimum Gasteiger partial charge on any atom is -0.493 e. The van der Waals surface area contributed by atoms with Gasteiger partial charge in [-0.2, -0.15) is 18.3 Å². The molecule has 0 fully saturated rings. The molecule has 2 aromatic carbocycles. The van der Waals surface area contributed by atoms with E-state index in [2.05, 4.69) is 10.5 Å². The number of carbonyl (C=O) groups is 1. The minimum atomic E-state index is -4.41. The van der Waals surface area contributed by atoms with Crippen LogP contribution in [0.25, 0.3) is 10.9 Å². The van der Waals surface area contributed by atoms with Gasteiger partial charge in [-0.3, -0.25) is 10.2 Å². The van der Waals surface area contributed by atoms with E-state index in [0.29, 0.717) is 23.6 Å². The van der Waals surface area contributed by atoms with Gasteiger partial charge in [0.05, 0.1) is 29.3 Å². The fourth-order valence-electron chi connectivity index (χ4n) is 3.01. The molecule has 1 aromatic heterocycles. The Bertz CT molecular complexity index is 1150. The first-order chi connectivity index (χ1) is 16.1. The molecule has 0 spiro atoms. The molecule has 0 aliphatic rings. The van der Waals surface area contributed by atoms with Crippen molar-refractivity contribution in [3.63, 3.8) is 0 Å². The molecule has 182 valence electrons. The van der Waals surface area contributed by atoms with Crippen LogP contribution in [0.15, 0.2) is 59.8 Å². The SMILES string of the molecule is CC.CC(=N)/C(CCOc1ccc2c(ccn2CC(=O)O)c1)=N\Nc1ccc(C(F)(F)F)cc1. The summed E-state index contributed by atoms with van der Waals surface area (Å²) < 4.78 is 45.3. The molecule has 0 atom stereocenters. The average Bonchev–Trinajstić information content (AvgIpc) is 3.18. The van der Waals surface area contributed by atoms with Gasteiger partial charge >= 0.3 is 12.1 Å². The van der Waals surface area contributed by atoms with Crippen molar-refractivity contribution in [3.8, 4) is 5.75 Å². The number of halogens is 3. The molecule has 0 saturated carbocycles. The summed E-state index contributed by atoms with van der Waals surface area (Å²) in [6.45, 7) is 5.66. The molecule has 3 N–H and O–H groups in total. The van der Waals surface area contributed by atoms with E-state index in [1.807, 2.05) is 13.8 Å². The lowest BCUT2D eigenvalue weighted by Gasteiger charge is -2.10. The average molecular weight is 476 g/mol. The van der Waals surface area contributed by atoms with Crippen LogP contribution in [0.5, 0.6) is 5.75 Å². The summed E-state index contributed by atoms with van der Waals surface area (Å²) in [5, 5.41) is 21.8. The molecule has 10 heteroatoms. The van der Waals surface area contributed by atoms with Gasteiger partial charge in [-0.25, -0.2) is 0 Å². The number of carboxylic acid groups (broad SMARTS) is 1. The Kier molecular flexibility index (Phi) is 9.23. The van der Waals surface area contributed by atoms with Crippen LogP contribution in [-0.4, -0.2) is 33.7 Å². The van der Waals surface area contributed by atoms with Gasteiger partial charge in [0.2, 0.25) is 0 Å². The lowest BCUT2D eigenvalue weighted by atomic mass is 10.2. The van der Waals surface area contributed by atoms with Crippen LogP contribution < -0.4 is 10.2 Å². The number of hydrogen-bond donors (Lipinski definition) is 3. The number of fused-ring (bicyclic) bond motifs is 1. The molecule has 0 radical (unpaired) electrons. The number of nitrogens with one attached hydrogen (secondary N) is 2. The van der Waals surface area contributed by atoms with E-state index in [0.717, 1.165) is 23.0 Å². The number of rotatable bonds is 9. The number of carboxylic acids is 1. The lowest BCUT2D eigenvalue weighted by Crippen LogP contribution is -2.15. The molecule has 7 nitrogen and oxygen atoms in total. The van der Waals surface area contributed by atoms with E-state index in [-0.39, 0.29) is 18.9 Å². The third kappa shape index (κ3) is 7.36. The van der Waals surface area contributed by atoms with Crippen molar-refractivity contribution in [3.05, 3.63) is 60.3 Å². The monoisotopic (exact) mass is 476 g/mol. The molecule has 0 aliphatic heterocycles. The van der Waals surface area contributed by atoms with Crippen molar-refractivity contribution >= 4 is 34.0 Å². The zero-order valence-corrected chi connectivity index (χ0v) is 19.1. The first-order valence-electron chi connectivity index (χ1n) is 10.6. The highest BCUT2D eigenvalue weighted by Crippen LogP contribution is 2.29. The van der Waals surface area contributed by atoms with Crippen molar-refractivity contribution in [1.82, 2.24) is 4.57 Å². The number of nitrogens with zero attached hydrogens (tertiary/aromatic N) is 2. The third-order valence-corrected chi connectivity index (χ3v) is 4.62. The van der Waals surface area contributed by atoms with E-state index in [9.17, 15) is 18.0 Å². The number of hydrazone groups is 1. The van der Waals surface area contributed by atoms with Crippen molar-refractivity contribution in [2.45, 2.75) is 39.9 Å². The molecule has 3 aromatic rings. The van der Waals surface area contributed by atoms with Crippen LogP contribution in [0.2, 0.25) is 0 Å². The molecular weight excluding hydrogens is 449 g/mol. The van der Waals surface area contributed by atoms with E-state index in [1.165, 1.54) is 12.1 Å². The Morgan fingerprint density at radius 1 is 1.15 bits per heavy atom. The zero-order chi connectivity index (χ0) is 25.3. The van der Waals surface area contributed by atoms with E-state index >= 15 is 0 Å². The highest BCUT2D eigenvalue weighted by Gasteiger charge is 2.29. The summed E-state index contributed by atoms with van der Waals surface area (Å²) in [7, 11) is 0. The van der Waals surface area contributed by atoms with Crippen molar-refractivity contribution in [1.29, 1.82) is 5.41 Å². The standard InChI is InChI=1S/C22H21F3N4O3.C2H6/c1-14(26)19(28-27-17-4-2-16(3-5-17)22(23,24)25)9-11-32-18-6-7-20-15(12-18)8-10-29(20)13-21(30)31;1-2/h2-8,10,12,26-27H,9,11,13H2,1H3,(H,30,31);1-2H3/b26-14?,28-19-;. The van der Waals surface area contributed by atoms with Gasteiger partial charge in [0.25, 0.3) is 0 Å². The van der Waals surface area contributed by atoms with E-state index in [1.54, 1.807) is 42.0 Å². The van der Waals surface area contributed by atoms with Crippen molar-refractivity contribution in [2.24, 2.45) is 5.10 Å². The molecule has 1 heterocycles. The molecular formula is C24H27F3N4O3. The number of benzene rings is 2. The number of anilines is 1. The molecule has 0 amide bonds. The second-order valence-electron chi connectivity index (χ2n) is 7.03. The summed E-state index contributed by atoms with van der Waals surface area (Å²) in [5.74, 6) is -0.343. The topological polar surface area (TPSA) is 99.7 Å². The van der Waals surface area contributed by atoms with Crippen LogP contribution in [0.4, 0.5) is 18.9 Å². The molecule has 0 unspecified atom stereocenters. The number of alkyl halides is 3.